The molecule has 0 N–H and O–H groups in total. The molecule has 0 spiro atoms. The van der Waals surface area contributed by atoms with Crippen LogP contribution in [0, 0.1) is 0 Å². The van der Waals surface area contributed by atoms with E-state index < -0.39 is 17.4 Å². The standard InChI is InChI=1S/C8H5BrClF2NO2/c1-15-3-2-13-6(8(11)12)5(9)4(3)7(10)14/h2,8H,1H3. The summed E-state index contributed by atoms with van der Waals surface area (Å²) in [6.45, 7) is 0. The molecule has 0 aliphatic heterocycles. The summed E-state index contributed by atoms with van der Waals surface area (Å²) >= 11 is 8.09. The number of hydrogen-bond donors (Lipinski definition) is 0. The minimum absolute atomic E-state index is 0.0475. The minimum atomic E-state index is -2.79. The average Bonchev–Trinajstić information content (AvgIpc) is 2.15. The smallest absolute Gasteiger partial charge is 0.281 e. The third-order valence-electron chi connectivity index (χ3n) is 1.63. The van der Waals surface area contributed by atoms with Gasteiger partial charge in [-0.3, -0.25) is 9.78 Å². The number of alkyl halides is 2. The Kier molecular flexibility index (Phi) is 3.98. The predicted octanol–water partition coefficient (Wildman–Crippen LogP) is 3.17. The van der Waals surface area contributed by atoms with Crippen molar-refractivity contribution in [3.8, 4) is 5.75 Å². The van der Waals surface area contributed by atoms with Crippen LogP contribution in [0.2, 0.25) is 0 Å². The van der Waals surface area contributed by atoms with Gasteiger partial charge in [-0.15, -0.1) is 0 Å². The van der Waals surface area contributed by atoms with Gasteiger partial charge in [0.15, 0.2) is 0 Å². The summed E-state index contributed by atoms with van der Waals surface area (Å²) in [6, 6.07) is 0. The number of ether oxygens (including phenoxy) is 1. The maximum absolute atomic E-state index is 12.4. The number of carbonyl (C=O) groups excluding carboxylic acids is 1. The SMILES string of the molecule is COc1cnc(C(F)F)c(Br)c1C(=O)Cl. The quantitative estimate of drug-likeness (QED) is 0.805. The van der Waals surface area contributed by atoms with Crippen LogP contribution in [0.1, 0.15) is 22.5 Å². The molecule has 0 unspecified atom stereocenters. The minimum Gasteiger partial charge on any atom is -0.494 e. The summed E-state index contributed by atoms with van der Waals surface area (Å²) in [7, 11) is 1.29. The molecule has 0 fully saturated rings. The van der Waals surface area contributed by atoms with E-state index in [1.54, 1.807) is 0 Å². The molecule has 3 nitrogen and oxygen atoms in total. The summed E-state index contributed by atoms with van der Waals surface area (Å²) in [4.78, 5) is 14.5. The van der Waals surface area contributed by atoms with E-state index in [4.69, 9.17) is 16.3 Å². The van der Waals surface area contributed by atoms with Gasteiger partial charge in [-0.1, -0.05) is 0 Å². The average molecular weight is 300 g/mol. The number of carbonyl (C=O) groups is 1. The molecule has 0 saturated carbocycles. The molecule has 0 bridgehead atoms. The van der Waals surface area contributed by atoms with E-state index in [0.717, 1.165) is 6.20 Å². The van der Waals surface area contributed by atoms with Gasteiger partial charge in [0, 0.05) is 0 Å². The van der Waals surface area contributed by atoms with Crippen molar-refractivity contribution >= 4 is 32.8 Å². The second-order valence-electron chi connectivity index (χ2n) is 2.48. The van der Waals surface area contributed by atoms with Crippen molar-refractivity contribution in [1.82, 2.24) is 4.98 Å². The van der Waals surface area contributed by atoms with Crippen LogP contribution >= 0.6 is 27.5 Å². The van der Waals surface area contributed by atoms with E-state index in [1.807, 2.05) is 0 Å². The first-order valence-corrected chi connectivity index (χ1v) is 4.86. The van der Waals surface area contributed by atoms with Crippen LogP contribution in [0.15, 0.2) is 10.7 Å². The van der Waals surface area contributed by atoms with E-state index in [0.29, 0.717) is 0 Å². The van der Waals surface area contributed by atoms with E-state index in [-0.39, 0.29) is 15.8 Å². The van der Waals surface area contributed by atoms with Gasteiger partial charge < -0.3 is 4.74 Å². The van der Waals surface area contributed by atoms with Gasteiger partial charge in [0.1, 0.15) is 11.4 Å². The molecule has 0 aromatic carbocycles. The van der Waals surface area contributed by atoms with Crippen molar-refractivity contribution in [2.45, 2.75) is 6.43 Å². The first-order chi connectivity index (χ1) is 6.99. The fraction of sp³-hybridized carbons (Fsp3) is 0.250. The van der Waals surface area contributed by atoms with Crippen molar-refractivity contribution in [3.63, 3.8) is 0 Å². The molecule has 0 atom stereocenters. The van der Waals surface area contributed by atoms with Crippen LogP contribution < -0.4 is 4.74 Å². The van der Waals surface area contributed by atoms with E-state index in [9.17, 15) is 13.6 Å². The lowest BCUT2D eigenvalue weighted by Gasteiger charge is -2.09. The van der Waals surface area contributed by atoms with Crippen molar-refractivity contribution in [2.75, 3.05) is 7.11 Å². The number of methoxy groups -OCH3 is 1. The van der Waals surface area contributed by atoms with Gasteiger partial charge in [0.05, 0.1) is 23.3 Å². The topological polar surface area (TPSA) is 39.2 Å². The van der Waals surface area contributed by atoms with E-state index >= 15 is 0 Å². The van der Waals surface area contributed by atoms with Crippen molar-refractivity contribution in [3.05, 3.63) is 21.9 Å². The Labute approximate surface area is 97.5 Å². The Morgan fingerprint density at radius 2 is 2.27 bits per heavy atom. The number of aromatic nitrogens is 1. The van der Waals surface area contributed by atoms with Crippen LogP contribution in [-0.2, 0) is 0 Å². The number of rotatable bonds is 3. The molecular formula is C8H5BrClF2NO2. The zero-order chi connectivity index (χ0) is 11.6. The van der Waals surface area contributed by atoms with Crippen LogP contribution in [0.3, 0.4) is 0 Å². The summed E-state index contributed by atoms with van der Waals surface area (Å²) in [5, 5.41) is -0.886. The maximum atomic E-state index is 12.4. The molecule has 7 heteroatoms. The highest BCUT2D eigenvalue weighted by Crippen LogP contribution is 2.34. The molecule has 0 aliphatic carbocycles. The molecule has 15 heavy (non-hydrogen) atoms. The molecule has 0 radical (unpaired) electrons. The molecule has 0 aliphatic rings. The highest BCUT2D eigenvalue weighted by atomic mass is 79.9. The lowest BCUT2D eigenvalue weighted by atomic mass is 10.2. The van der Waals surface area contributed by atoms with Gasteiger partial charge in [-0.05, 0) is 27.5 Å². The molecule has 0 saturated heterocycles. The third kappa shape index (κ3) is 2.43. The van der Waals surface area contributed by atoms with Crippen LogP contribution in [0.4, 0.5) is 8.78 Å². The highest BCUT2D eigenvalue weighted by Gasteiger charge is 2.23. The first-order valence-electron chi connectivity index (χ1n) is 3.69. The van der Waals surface area contributed by atoms with Crippen LogP contribution in [0.5, 0.6) is 5.75 Å². The summed E-state index contributed by atoms with van der Waals surface area (Å²) in [5.41, 5.74) is -0.690. The Morgan fingerprint density at radius 3 is 2.67 bits per heavy atom. The lowest BCUT2D eigenvalue weighted by Crippen LogP contribution is -2.03. The Morgan fingerprint density at radius 1 is 1.67 bits per heavy atom. The van der Waals surface area contributed by atoms with Crippen molar-refractivity contribution < 1.29 is 18.3 Å². The molecule has 1 rings (SSSR count). The summed E-state index contributed by atoms with van der Waals surface area (Å²) in [5.74, 6) is 0.0475. The van der Waals surface area contributed by atoms with E-state index in [2.05, 4.69) is 20.9 Å². The Bertz CT molecular complexity index is 400. The van der Waals surface area contributed by atoms with Crippen LogP contribution in [-0.4, -0.2) is 17.3 Å². The fourth-order valence-corrected chi connectivity index (χ4v) is 1.93. The normalized spacial score (nSPS) is 10.5. The number of pyridine rings is 1. The Hall–Kier alpha value is -0.750. The zero-order valence-electron chi connectivity index (χ0n) is 7.43. The van der Waals surface area contributed by atoms with E-state index in [1.165, 1.54) is 7.11 Å². The van der Waals surface area contributed by atoms with Crippen molar-refractivity contribution in [2.24, 2.45) is 0 Å². The third-order valence-corrected chi connectivity index (χ3v) is 2.63. The van der Waals surface area contributed by atoms with Gasteiger partial charge in [-0.25, -0.2) is 8.78 Å². The second-order valence-corrected chi connectivity index (χ2v) is 3.61. The molecule has 1 aromatic heterocycles. The van der Waals surface area contributed by atoms with Gasteiger partial charge >= 0.3 is 0 Å². The molecular weight excluding hydrogens is 295 g/mol. The lowest BCUT2D eigenvalue weighted by molar-refractivity contribution is 0.107. The van der Waals surface area contributed by atoms with Crippen LogP contribution in [0.25, 0.3) is 0 Å². The molecule has 82 valence electrons. The molecule has 0 amide bonds. The van der Waals surface area contributed by atoms with Crippen molar-refractivity contribution in [1.29, 1.82) is 0 Å². The summed E-state index contributed by atoms with van der Waals surface area (Å²) < 4.78 is 29.5. The second kappa shape index (κ2) is 4.85. The summed E-state index contributed by atoms with van der Waals surface area (Å²) in [6.07, 6.45) is -1.76. The first kappa shape index (κ1) is 12.3. The number of nitrogens with zero attached hydrogens (tertiary/aromatic N) is 1. The predicted molar refractivity (Wildman–Crippen MR) is 53.6 cm³/mol. The van der Waals surface area contributed by atoms with Gasteiger partial charge in [0.2, 0.25) is 0 Å². The Balaban J connectivity index is 3.42. The largest absolute Gasteiger partial charge is 0.494 e. The monoisotopic (exact) mass is 299 g/mol. The van der Waals surface area contributed by atoms with Gasteiger partial charge in [-0.2, -0.15) is 0 Å². The molecule has 1 aromatic rings. The molecule has 1 heterocycles. The number of halogens is 4. The zero-order valence-corrected chi connectivity index (χ0v) is 9.77. The fourth-order valence-electron chi connectivity index (χ4n) is 0.976. The highest BCUT2D eigenvalue weighted by molar-refractivity contribution is 9.10. The number of hydrogen-bond acceptors (Lipinski definition) is 3. The van der Waals surface area contributed by atoms with Gasteiger partial charge in [0.25, 0.3) is 11.7 Å². The maximum Gasteiger partial charge on any atom is 0.281 e.